The van der Waals surface area contributed by atoms with Crippen LogP contribution in [0, 0.1) is 6.92 Å². The number of fused-ring (bicyclic) bond motifs is 1. The first kappa shape index (κ1) is 17.2. The highest BCUT2D eigenvalue weighted by atomic mass is 35.5. The molecule has 0 fully saturated rings. The highest BCUT2D eigenvalue weighted by Gasteiger charge is 2.20. The summed E-state index contributed by atoms with van der Waals surface area (Å²) in [6.07, 6.45) is 1.31. The van der Waals surface area contributed by atoms with Crippen molar-refractivity contribution in [2.75, 3.05) is 19.5 Å². The average molecular weight is 380 g/mol. The Kier molecular flexibility index (Phi) is 4.65. The molecule has 0 bridgehead atoms. The number of nitrogens with one attached hydrogen (secondary N) is 2. The Morgan fingerprint density at radius 2 is 2.00 bits per heavy atom. The van der Waals surface area contributed by atoms with Gasteiger partial charge in [-0.1, -0.05) is 11.6 Å². The van der Waals surface area contributed by atoms with Crippen LogP contribution in [0.4, 0.5) is 5.69 Å². The third kappa shape index (κ3) is 3.06. The molecule has 2 N–H and O–H groups in total. The Hall–Kier alpha value is -2.58. The average Bonchev–Trinajstić information content (AvgIpc) is 2.93. The molecule has 0 saturated heterocycles. The molecular weight excluding hydrogens is 366 g/mol. The van der Waals surface area contributed by atoms with Gasteiger partial charge in [-0.05, 0) is 18.6 Å². The number of hydrogen-bond acceptors (Lipinski definition) is 6. The molecule has 9 heteroatoms. The minimum atomic E-state index is -0.376. The van der Waals surface area contributed by atoms with E-state index in [2.05, 4.69) is 15.3 Å². The molecule has 0 saturated carbocycles. The summed E-state index contributed by atoms with van der Waals surface area (Å²) in [6, 6.07) is 3.13. The van der Waals surface area contributed by atoms with Crippen molar-refractivity contribution >= 4 is 44.7 Å². The zero-order chi connectivity index (χ0) is 18.1. The van der Waals surface area contributed by atoms with Gasteiger partial charge in [-0.2, -0.15) is 0 Å². The standard InChI is InChI=1S/C16H14ClN3O4S/c1-7-12-14(21)18-6-19-16(12)25-13(7)15(22)20-9-4-8(17)10(23-2)5-11(9)24-3/h4-6H,1-3H3,(H,20,22)(H,18,19,21). The number of carbonyl (C=O) groups is 1. The molecule has 130 valence electrons. The second kappa shape index (κ2) is 6.73. The predicted molar refractivity (Wildman–Crippen MR) is 97.5 cm³/mol. The lowest BCUT2D eigenvalue weighted by atomic mass is 10.2. The van der Waals surface area contributed by atoms with Crippen molar-refractivity contribution < 1.29 is 14.3 Å². The van der Waals surface area contributed by atoms with Crippen molar-refractivity contribution in [2.45, 2.75) is 6.92 Å². The Morgan fingerprint density at radius 1 is 1.28 bits per heavy atom. The molecule has 2 aromatic heterocycles. The summed E-state index contributed by atoms with van der Waals surface area (Å²) in [6.45, 7) is 1.71. The van der Waals surface area contributed by atoms with Gasteiger partial charge in [0.05, 0.1) is 41.5 Å². The first-order valence-corrected chi connectivity index (χ1v) is 8.35. The van der Waals surface area contributed by atoms with Crippen LogP contribution in [0.2, 0.25) is 5.02 Å². The van der Waals surface area contributed by atoms with E-state index >= 15 is 0 Å². The van der Waals surface area contributed by atoms with Crippen molar-refractivity contribution in [2.24, 2.45) is 0 Å². The number of anilines is 1. The largest absolute Gasteiger partial charge is 0.495 e. The first-order chi connectivity index (χ1) is 12.0. The number of halogens is 1. The second-order valence-electron chi connectivity index (χ2n) is 5.11. The van der Waals surface area contributed by atoms with E-state index < -0.39 is 0 Å². The molecule has 0 unspecified atom stereocenters. The van der Waals surface area contributed by atoms with Gasteiger partial charge in [0.25, 0.3) is 11.5 Å². The Labute approximate surface area is 151 Å². The van der Waals surface area contributed by atoms with E-state index in [9.17, 15) is 9.59 Å². The molecule has 2 heterocycles. The molecule has 0 aliphatic heterocycles. The van der Waals surface area contributed by atoms with Gasteiger partial charge in [0.1, 0.15) is 16.3 Å². The van der Waals surface area contributed by atoms with E-state index in [1.54, 1.807) is 19.1 Å². The summed E-state index contributed by atoms with van der Waals surface area (Å²) in [5.74, 6) is 0.467. The van der Waals surface area contributed by atoms with Gasteiger partial charge in [0.2, 0.25) is 0 Å². The molecule has 0 radical (unpaired) electrons. The smallest absolute Gasteiger partial charge is 0.266 e. The number of nitrogens with zero attached hydrogens (tertiary/aromatic N) is 1. The normalized spacial score (nSPS) is 10.7. The van der Waals surface area contributed by atoms with Crippen molar-refractivity contribution in [3.8, 4) is 11.5 Å². The van der Waals surface area contributed by atoms with Crippen LogP contribution in [0.3, 0.4) is 0 Å². The van der Waals surface area contributed by atoms with Gasteiger partial charge in [0.15, 0.2) is 0 Å². The van der Waals surface area contributed by atoms with Crippen LogP contribution in [0.5, 0.6) is 11.5 Å². The molecule has 1 aromatic carbocycles. The van der Waals surface area contributed by atoms with Crippen molar-refractivity contribution in [1.29, 1.82) is 0 Å². The minimum Gasteiger partial charge on any atom is -0.495 e. The van der Waals surface area contributed by atoms with Crippen LogP contribution in [0.15, 0.2) is 23.3 Å². The zero-order valence-corrected chi connectivity index (χ0v) is 15.2. The SMILES string of the molecule is COc1cc(OC)c(NC(=O)c2sc3nc[nH]c(=O)c3c2C)cc1Cl. The molecule has 3 aromatic rings. The number of hydrogen-bond donors (Lipinski definition) is 2. The number of aryl methyl sites for hydroxylation is 1. The number of methoxy groups -OCH3 is 2. The summed E-state index contributed by atoms with van der Waals surface area (Å²) >= 11 is 7.27. The van der Waals surface area contributed by atoms with Gasteiger partial charge in [0, 0.05) is 6.07 Å². The van der Waals surface area contributed by atoms with Crippen LogP contribution in [0.1, 0.15) is 15.2 Å². The number of aromatic nitrogens is 2. The molecule has 1 amide bonds. The van der Waals surface area contributed by atoms with Crippen LogP contribution >= 0.6 is 22.9 Å². The Balaban J connectivity index is 2.01. The lowest BCUT2D eigenvalue weighted by Gasteiger charge is -2.12. The van der Waals surface area contributed by atoms with Crippen LogP contribution in [-0.2, 0) is 0 Å². The molecule has 0 aliphatic carbocycles. The molecule has 7 nitrogen and oxygen atoms in total. The van der Waals surface area contributed by atoms with E-state index in [0.717, 1.165) is 11.3 Å². The van der Waals surface area contributed by atoms with Gasteiger partial charge < -0.3 is 19.8 Å². The van der Waals surface area contributed by atoms with Crippen molar-refractivity contribution in [3.63, 3.8) is 0 Å². The quantitative estimate of drug-likeness (QED) is 0.726. The summed E-state index contributed by atoms with van der Waals surface area (Å²) in [4.78, 5) is 32.1. The van der Waals surface area contributed by atoms with Gasteiger partial charge >= 0.3 is 0 Å². The Morgan fingerprint density at radius 3 is 2.64 bits per heavy atom. The number of amides is 1. The third-order valence-corrected chi connectivity index (χ3v) is 5.16. The predicted octanol–water partition coefficient (Wildman–Crippen LogP) is 3.22. The van der Waals surface area contributed by atoms with Gasteiger partial charge in [-0.3, -0.25) is 9.59 Å². The maximum Gasteiger partial charge on any atom is 0.266 e. The first-order valence-electron chi connectivity index (χ1n) is 7.16. The summed E-state index contributed by atoms with van der Waals surface area (Å²) in [7, 11) is 2.97. The fourth-order valence-corrected chi connectivity index (χ4v) is 3.72. The highest BCUT2D eigenvalue weighted by molar-refractivity contribution is 7.20. The lowest BCUT2D eigenvalue weighted by Crippen LogP contribution is -2.13. The van der Waals surface area contributed by atoms with E-state index in [1.165, 1.54) is 20.5 Å². The number of aromatic amines is 1. The second-order valence-corrected chi connectivity index (χ2v) is 6.52. The topological polar surface area (TPSA) is 93.3 Å². The maximum atomic E-state index is 12.7. The summed E-state index contributed by atoms with van der Waals surface area (Å²) in [5.41, 5.74) is 0.699. The van der Waals surface area contributed by atoms with Crippen molar-refractivity contribution in [1.82, 2.24) is 9.97 Å². The fourth-order valence-electron chi connectivity index (χ4n) is 2.43. The number of rotatable bonds is 4. The number of benzene rings is 1. The zero-order valence-electron chi connectivity index (χ0n) is 13.6. The number of thiophene rings is 1. The molecule has 0 atom stereocenters. The van der Waals surface area contributed by atoms with E-state index in [-0.39, 0.29) is 11.5 Å². The van der Waals surface area contributed by atoms with Gasteiger partial charge in [-0.15, -0.1) is 11.3 Å². The van der Waals surface area contributed by atoms with Crippen LogP contribution < -0.4 is 20.3 Å². The molecular formula is C16H14ClN3O4S. The lowest BCUT2D eigenvalue weighted by molar-refractivity contribution is 0.102. The van der Waals surface area contributed by atoms with E-state index in [1.807, 2.05) is 0 Å². The van der Waals surface area contributed by atoms with Crippen LogP contribution in [0.25, 0.3) is 10.2 Å². The maximum absolute atomic E-state index is 12.7. The highest BCUT2D eigenvalue weighted by Crippen LogP contribution is 2.36. The molecule has 0 aliphatic rings. The fraction of sp³-hybridized carbons (Fsp3) is 0.188. The van der Waals surface area contributed by atoms with Gasteiger partial charge in [-0.25, -0.2) is 4.98 Å². The van der Waals surface area contributed by atoms with E-state index in [4.69, 9.17) is 21.1 Å². The minimum absolute atomic E-state index is 0.275. The molecule has 0 spiro atoms. The third-order valence-electron chi connectivity index (χ3n) is 3.66. The number of H-pyrrole nitrogens is 1. The number of ether oxygens (including phenoxy) is 2. The summed E-state index contributed by atoms with van der Waals surface area (Å²) in [5, 5.41) is 3.51. The van der Waals surface area contributed by atoms with E-state index in [0.29, 0.717) is 42.9 Å². The van der Waals surface area contributed by atoms with Crippen LogP contribution in [-0.4, -0.2) is 30.1 Å². The Bertz CT molecular complexity index is 1030. The van der Waals surface area contributed by atoms with Crippen molar-refractivity contribution in [3.05, 3.63) is 44.3 Å². The molecule has 25 heavy (non-hydrogen) atoms. The summed E-state index contributed by atoms with van der Waals surface area (Å²) < 4.78 is 10.4. The molecule has 3 rings (SSSR count). The number of carbonyl (C=O) groups excluding carboxylic acids is 1. The monoisotopic (exact) mass is 379 g/mol.